The number of nitrogens with zero attached hydrogens (tertiary/aromatic N) is 1. The molecule has 0 aliphatic heterocycles. The van der Waals surface area contributed by atoms with E-state index >= 15 is 0 Å². The lowest BCUT2D eigenvalue weighted by Crippen LogP contribution is -1.95. The van der Waals surface area contributed by atoms with Gasteiger partial charge in [0.25, 0.3) is 0 Å². The minimum absolute atomic E-state index is 0.0347. The first kappa shape index (κ1) is 15.9. The van der Waals surface area contributed by atoms with E-state index in [1.54, 1.807) is 18.2 Å². The molecule has 0 saturated heterocycles. The number of hydrogen-bond acceptors (Lipinski definition) is 3. The van der Waals surface area contributed by atoms with E-state index < -0.39 is 4.92 Å². The molecule has 0 fully saturated rings. The molecule has 0 heterocycles. The monoisotopic (exact) mass is 345 g/mol. The topological polar surface area (TPSA) is 52.4 Å². The minimum atomic E-state index is -0.572. The molecule has 7 heteroatoms. The highest BCUT2D eigenvalue weighted by molar-refractivity contribution is 6.42. The van der Waals surface area contributed by atoms with E-state index in [-0.39, 0.29) is 21.5 Å². The molecule has 0 aromatic heterocycles. The summed E-state index contributed by atoms with van der Waals surface area (Å²) in [6.07, 6.45) is 0. The number of ether oxygens (including phenoxy) is 1. The van der Waals surface area contributed by atoms with Gasteiger partial charge in [0.1, 0.15) is 5.75 Å². The third-order valence-corrected chi connectivity index (χ3v) is 3.89. The van der Waals surface area contributed by atoms with E-state index in [1.807, 2.05) is 6.92 Å². The van der Waals surface area contributed by atoms with Gasteiger partial charge < -0.3 is 4.74 Å². The highest BCUT2D eigenvalue weighted by atomic mass is 35.5. The van der Waals surface area contributed by atoms with Crippen LogP contribution in [-0.4, -0.2) is 4.92 Å². The summed E-state index contributed by atoms with van der Waals surface area (Å²) >= 11 is 17.5. The molecule has 0 spiro atoms. The summed E-state index contributed by atoms with van der Waals surface area (Å²) in [6.45, 7) is 1.88. The molecule has 0 unspecified atom stereocenters. The lowest BCUT2D eigenvalue weighted by Gasteiger charge is -2.10. The number of halogens is 3. The van der Waals surface area contributed by atoms with E-state index in [9.17, 15) is 10.1 Å². The molecule has 0 N–H and O–H groups in total. The van der Waals surface area contributed by atoms with Crippen molar-refractivity contribution in [3.8, 4) is 11.5 Å². The van der Waals surface area contributed by atoms with Gasteiger partial charge in [-0.05, 0) is 30.2 Å². The van der Waals surface area contributed by atoms with Crippen molar-refractivity contribution in [2.45, 2.75) is 12.8 Å². The molecule has 4 nitrogen and oxygen atoms in total. The number of alkyl halides is 1. The number of aryl methyl sites for hydroxylation is 1. The Morgan fingerprint density at radius 3 is 2.43 bits per heavy atom. The van der Waals surface area contributed by atoms with Crippen molar-refractivity contribution in [3.63, 3.8) is 0 Å². The quantitative estimate of drug-likeness (QED) is 0.403. The third kappa shape index (κ3) is 3.59. The molecule has 0 saturated carbocycles. The second-order valence-electron chi connectivity index (χ2n) is 4.32. The minimum Gasteiger partial charge on any atom is -0.450 e. The first-order chi connectivity index (χ1) is 9.92. The summed E-state index contributed by atoms with van der Waals surface area (Å²) < 4.78 is 5.56. The molecule has 0 aliphatic carbocycles. The predicted molar refractivity (Wildman–Crippen MR) is 83.9 cm³/mol. The normalized spacial score (nSPS) is 10.5. The van der Waals surface area contributed by atoms with Crippen molar-refractivity contribution >= 4 is 40.5 Å². The molecule has 2 aromatic carbocycles. The number of benzene rings is 2. The Bertz CT molecular complexity index is 704. The Balaban J connectivity index is 2.41. The zero-order valence-electron chi connectivity index (χ0n) is 10.9. The van der Waals surface area contributed by atoms with Gasteiger partial charge in [0.15, 0.2) is 0 Å². The Labute approximate surface area is 136 Å². The van der Waals surface area contributed by atoms with Crippen molar-refractivity contribution in [3.05, 3.63) is 61.6 Å². The maximum Gasteiger partial charge on any atom is 0.313 e. The summed E-state index contributed by atoms with van der Waals surface area (Å²) in [6, 6.07) is 7.74. The molecular formula is C14H10Cl3NO3. The molecule has 0 amide bonds. The van der Waals surface area contributed by atoms with Crippen molar-refractivity contribution < 1.29 is 9.66 Å². The lowest BCUT2D eigenvalue weighted by molar-refractivity contribution is -0.385. The molecule has 0 aliphatic rings. The lowest BCUT2D eigenvalue weighted by atomic mass is 10.1. The van der Waals surface area contributed by atoms with Gasteiger partial charge >= 0.3 is 5.69 Å². The van der Waals surface area contributed by atoms with Gasteiger partial charge in [-0.3, -0.25) is 10.1 Å². The largest absolute Gasteiger partial charge is 0.450 e. The predicted octanol–water partition coefficient (Wildman–Crippen LogP) is 5.74. The van der Waals surface area contributed by atoms with Crippen LogP contribution in [0.25, 0.3) is 0 Å². The van der Waals surface area contributed by atoms with E-state index in [1.165, 1.54) is 12.1 Å². The molecule has 110 valence electrons. The molecule has 21 heavy (non-hydrogen) atoms. The van der Waals surface area contributed by atoms with Gasteiger partial charge in [0, 0.05) is 18.0 Å². The zero-order chi connectivity index (χ0) is 15.6. The molecule has 2 rings (SSSR count). The van der Waals surface area contributed by atoms with Gasteiger partial charge in [-0.15, -0.1) is 11.6 Å². The van der Waals surface area contributed by atoms with Crippen molar-refractivity contribution in [2.75, 3.05) is 0 Å². The first-order valence-corrected chi connectivity index (χ1v) is 7.18. The van der Waals surface area contributed by atoms with Crippen LogP contribution in [0.3, 0.4) is 0 Å². The van der Waals surface area contributed by atoms with Gasteiger partial charge in [-0.2, -0.15) is 0 Å². The summed E-state index contributed by atoms with van der Waals surface area (Å²) in [5.74, 6) is 0.884. The fraction of sp³-hybridized carbons (Fsp3) is 0.143. The second-order valence-corrected chi connectivity index (χ2v) is 5.40. The van der Waals surface area contributed by atoms with E-state index in [4.69, 9.17) is 39.5 Å². The summed E-state index contributed by atoms with van der Waals surface area (Å²) in [4.78, 5) is 10.5. The van der Waals surface area contributed by atoms with Crippen LogP contribution in [0.2, 0.25) is 10.0 Å². The van der Waals surface area contributed by atoms with Crippen molar-refractivity contribution in [1.82, 2.24) is 0 Å². The van der Waals surface area contributed by atoms with Crippen LogP contribution < -0.4 is 4.74 Å². The van der Waals surface area contributed by atoms with Gasteiger partial charge in [-0.1, -0.05) is 29.3 Å². The molecule has 0 radical (unpaired) electrons. The van der Waals surface area contributed by atoms with E-state index in [0.717, 1.165) is 11.1 Å². The maximum absolute atomic E-state index is 11.0. The molecule has 2 aromatic rings. The zero-order valence-corrected chi connectivity index (χ0v) is 13.2. The number of nitro groups is 1. The number of hydrogen-bond donors (Lipinski definition) is 0. The maximum atomic E-state index is 11.0. The Morgan fingerprint density at radius 1 is 1.19 bits per heavy atom. The van der Waals surface area contributed by atoms with Crippen LogP contribution in [0.4, 0.5) is 5.69 Å². The second kappa shape index (κ2) is 6.52. The van der Waals surface area contributed by atoms with Gasteiger partial charge in [0.05, 0.1) is 15.0 Å². The van der Waals surface area contributed by atoms with Crippen molar-refractivity contribution in [2.24, 2.45) is 0 Å². The SMILES string of the molecule is Cc1cc(Oc2cc(Cl)c(Cl)cc2[N+](=O)[O-])ccc1CCl. The fourth-order valence-corrected chi connectivity index (χ4v) is 2.36. The highest BCUT2D eigenvalue weighted by Crippen LogP contribution is 2.38. The van der Waals surface area contributed by atoms with Crippen LogP contribution >= 0.6 is 34.8 Å². The summed E-state index contributed by atoms with van der Waals surface area (Å²) in [5.41, 5.74) is 1.65. The van der Waals surface area contributed by atoms with Gasteiger partial charge in [-0.25, -0.2) is 0 Å². The Morgan fingerprint density at radius 2 is 1.86 bits per heavy atom. The first-order valence-electron chi connectivity index (χ1n) is 5.89. The summed E-state index contributed by atoms with van der Waals surface area (Å²) in [7, 11) is 0. The van der Waals surface area contributed by atoms with E-state index in [2.05, 4.69) is 0 Å². The summed E-state index contributed by atoms with van der Waals surface area (Å²) in [5, 5.41) is 11.3. The number of nitro benzene ring substituents is 1. The highest BCUT2D eigenvalue weighted by Gasteiger charge is 2.19. The average Bonchev–Trinajstić information content (AvgIpc) is 2.42. The molecular weight excluding hydrogens is 337 g/mol. The Kier molecular flexibility index (Phi) is 4.93. The molecule has 0 atom stereocenters. The van der Waals surface area contributed by atoms with Crippen molar-refractivity contribution in [1.29, 1.82) is 0 Å². The van der Waals surface area contributed by atoms with Crippen LogP contribution in [0.5, 0.6) is 11.5 Å². The smallest absolute Gasteiger partial charge is 0.313 e. The molecule has 0 bridgehead atoms. The van der Waals surface area contributed by atoms with Gasteiger partial charge in [0.2, 0.25) is 5.75 Å². The van der Waals surface area contributed by atoms with E-state index in [0.29, 0.717) is 11.6 Å². The van der Waals surface area contributed by atoms with Crippen LogP contribution in [0, 0.1) is 17.0 Å². The Hall–Kier alpha value is -1.49. The third-order valence-electron chi connectivity index (χ3n) is 2.88. The fourth-order valence-electron chi connectivity index (χ4n) is 1.75. The van der Waals surface area contributed by atoms with Crippen LogP contribution in [-0.2, 0) is 5.88 Å². The average molecular weight is 347 g/mol. The van der Waals surface area contributed by atoms with Crippen LogP contribution in [0.1, 0.15) is 11.1 Å². The number of rotatable bonds is 4. The standard InChI is InChI=1S/C14H10Cl3NO3/c1-8-4-10(3-2-9(8)7-15)21-14-6-12(17)11(16)5-13(14)18(19)20/h2-6H,7H2,1H3. The van der Waals surface area contributed by atoms with Crippen LogP contribution in [0.15, 0.2) is 30.3 Å².